The Morgan fingerprint density at radius 2 is 2.38 bits per heavy atom. The smallest absolute Gasteiger partial charge is 0.257 e. The summed E-state index contributed by atoms with van der Waals surface area (Å²) in [4.78, 5) is 33.4. The number of hydrogen-bond donors (Lipinski definition) is 0. The molecular weight excluding hydrogens is 306 g/mol. The first-order chi connectivity index (χ1) is 11.5. The molecule has 0 radical (unpaired) electrons. The fourth-order valence-electron chi connectivity index (χ4n) is 3.90. The Balaban J connectivity index is 1.82. The Bertz CT molecular complexity index is 675. The molecule has 1 aromatic heterocycles. The van der Waals surface area contributed by atoms with E-state index >= 15 is 0 Å². The van der Waals surface area contributed by atoms with Gasteiger partial charge in [0.15, 0.2) is 0 Å². The van der Waals surface area contributed by atoms with Crippen molar-refractivity contribution in [2.24, 2.45) is 11.3 Å². The van der Waals surface area contributed by atoms with Crippen molar-refractivity contribution in [2.45, 2.75) is 13.3 Å². The molecule has 1 aromatic rings. The van der Waals surface area contributed by atoms with Crippen molar-refractivity contribution in [3.63, 3.8) is 0 Å². The molecular formula is C18H23N3O3. The first-order valence-electron chi connectivity index (χ1n) is 8.21. The zero-order valence-corrected chi connectivity index (χ0v) is 14.2. The molecule has 3 heterocycles. The second-order valence-electron chi connectivity index (χ2n) is 6.61. The minimum atomic E-state index is -0.459. The number of pyridine rings is 1. The van der Waals surface area contributed by atoms with E-state index in [-0.39, 0.29) is 17.7 Å². The van der Waals surface area contributed by atoms with Crippen LogP contribution in [0.2, 0.25) is 0 Å². The van der Waals surface area contributed by atoms with Crippen molar-refractivity contribution in [1.82, 2.24) is 14.8 Å². The third-order valence-electron chi connectivity index (χ3n) is 5.32. The molecule has 0 bridgehead atoms. The molecule has 24 heavy (non-hydrogen) atoms. The van der Waals surface area contributed by atoms with Gasteiger partial charge in [0, 0.05) is 32.4 Å². The van der Waals surface area contributed by atoms with Crippen LogP contribution in [0.4, 0.5) is 0 Å². The molecule has 0 aromatic carbocycles. The summed E-state index contributed by atoms with van der Waals surface area (Å²) in [5.41, 5.74) is 0.0315. The van der Waals surface area contributed by atoms with E-state index < -0.39 is 5.41 Å². The molecule has 2 aliphatic rings. The number of carbonyl (C=O) groups is 2. The van der Waals surface area contributed by atoms with E-state index in [0.717, 1.165) is 13.0 Å². The lowest BCUT2D eigenvalue weighted by Crippen LogP contribution is -2.40. The topological polar surface area (TPSA) is 62.7 Å². The summed E-state index contributed by atoms with van der Waals surface area (Å²) in [5.74, 6) is 0.638. The summed E-state index contributed by atoms with van der Waals surface area (Å²) in [6, 6.07) is 1.66. The number of carbonyl (C=O) groups excluding carboxylic acids is 2. The fraction of sp³-hybridized carbons (Fsp3) is 0.500. The SMILES string of the molecule is C=CCN1CC[C@]2(CN(C(=O)c3ccncc3OC)C[C@H]2C)C1=O. The average molecular weight is 329 g/mol. The van der Waals surface area contributed by atoms with Gasteiger partial charge in [-0.1, -0.05) is 13.0 Å². The lowest BCUT2D eigenvalue weighted by Gasteiger charge is -2.26. The molecule has 0 unspecified atom stereocenters. The largest absolute Gasteiger partial charge is 0.494 e. The van der Waals surface area contributed by atoms with Crippen molar-refractivity contribution in [2.75, 3.05) is 33.3 Å². The van der Waals surface area contributed by atoms with Gasteiger partial charge in [0.05, 0.1) is 24.3 Å². The van der Waals surface area contributed by atoms with E-state index in [4.69, 9.17) is 4.74 Å². The normalized spacial score (nSPS) is 26.2. The van der Waals surface area contributed by atoms with Crippen LogP contribution < -0.4 is 4.74 Å². The van der Waals surface area contributed by atoms with Gasteiger partial charge in [-0.05, 0) is 18.4 Å². The van der Waals surface area contributed by atoms with Gasteiger partial charge in [0.1, 0.15) is 5.75 Å². The quantitative estimate of drug-likeness (QED) is 0.787. The number of ether oxygens (including phenoxy) is 1. The van der Waals surface area contributed by atoms with Gasteiger partial charge in [-0.15, -0.1) is 6.58 Å². The predicted octanol–water partition coefficient (Wildman–Crippen LogP) is 1.59. The molecule has 0 saturated carbocycles. The summed E-state index contributed by atoms with van der Waals surface area (Å²) in [5, 5.41) is 0. The Kier molecular flexibility index (Phi) is 4.30. The predicted molar refractivity (Wildman–Crippen MR) is 89.7 cm³/mol. The van der Waals surface area contributed by atoms with E-state index in [1.165, 1.54) is 13.3 Å². The minimum absolute atomic E-state index is 0.104. The molecule has 6 heteroatoms. The molecule has 6 nitrogen and oxygen atoms in total. The lowest BCUT2D eigenvalue weighted by molar-refractivity contribution is -0.136. The standard InChI is InChI=1S/C18H23N3O3/c1-4-8-20-9-6-18(17(20)23)12-21(11-13(18)2)16(22)14-5-7-19-10-15(14)24-3/h4-5,7,10,13H,1,6,8-9,11-12H2,2-3H3/t13-,18-/m1/s1. The zero-order chi connectivity index (χ0) is 17.3. The maximum absolute atomic E-state index is 12.9. The van der Waals surface area contributed by atoms with Crippen molar-refractivity contribution in [1.29, 1.82) is 0 Å². The lowest BCUT2D eigenvalue weighted by atomic mass is 9.78. The maximum atomic E-state index is 12.9. The van der Waals surface area contributed by atoms with Gasteiger partial charge in [0.25, 0.3) is 5.91 Å². The molecule has 1 spiro atoms. The van der Waals surface area contributed by atoms with Crippen LogP contribution in [0.15, 0.2) is 31.1 Å². The van der Waals surface area contributed by atoms with Crippen LogP contribution in [0.5, 0.6) is 5.75 Å². The second-order valence-corrected chi connectivity index (χ2v) is 6.61. The van der Waals surface area contributed by atoms with Gasteiger partial charge in [-0.25, -0.2) is 0 Å². The van der Waals surface area contributed by atoms with Gasteiger partial charge in [-0.3, -0.25) is 14.6 Å². The first kappa shape index (κ1) is 16.5. The number of nitrogens with zero attached hydrogens (tertiary/aromatic N) is 3. The summed E-state index contributed by atoms with van der Waals surface area (Å²) in [7, 11) is 1.52. The zero-order valence-electron chi connectivity index (χ0n) is 14.2. The number of hydrogen-bond acceptors (Lipinski definition) is 4. The van der Waals surface area contributed by atoms with Gasteiger partial charge >= 0.3 is 0 Å². The van der Waals surface area contributed by atoms with Crippen molar-refractivity contribution in [3.8, 4) is 5.75 Å². The van der Waals surface area contributed by atoms with Crippen LogP contribution in [-0.4, -0.2) is 59.9 Å². The molecule has 2 aliphatic heterocycles. The molecule has 3 rings (SSSR count). The summed E-state index contributed by atoms with van der Waals surface area (Å²) in [6.07, 6.45) is 5.66. The van der Waals surface area contributed by atoms with Gasteiger partial charge < -0.3 is 14.5 Å². The first-order valence-corrected chi connectivity index (χ1v) is 8.21. The third kappa shape index (κ3) is 2.46. The summed E-state index contributed by atoms with van der Waals surface area (Å²) >= 11 is 0. The monoisotopic (exact) mass is 329 g/mol. The number of rotatable bonds is 4. The van der Waals surface area contributed by atoms with Crippen LogP contribution in [0.3, 0.4) is 0 Å². The molecule has 128 valence electrons. The minimum Gasteiger partial charge on any atom is -0.494 e. The summed E-state index contributed by atoms with van der Waals surface area (Å²) in [6.45, 7) is 8.12. The van der Waals surface area contributed by atoms with Crippen LogP contribution in [-0.2, 0) is 4.79 Å². The molecule has 2 amide bonds. The van der Waals surface area contributed by atoms with Crippen molar-refractivity contribution >= 4 is 11.8 Å². The molecule has 2 atom stereocenters. The summed E-state index contributed by atoms with van der Waals surface area (Å²) < 4.78 is 5.24. The van der Waals surface area contributed by atoms with Gasteiger partial charge in [-0.2, -0.15) is 0 Å². The van der Waals surface area contributed by atoms with E-state index in [2.05, 4.69) is 18.5 Å². The fourth-order valence-corrected chi connectivity index (χ4v) is 3.90. The van der Waals surface area contributed by atoms with E-state index in [0.29, 0.717) is 30.9 Å². The van der Waals surface area contributed by atoms with E-state index in [9.17, 15) is 9.59 Å². The Hall–Kier alpha value is -2.37. The average Bonchev–Trinajstić information content (AvgIpc) is 3.10. The number of methoxy groups -OCH3 is 1. The molecule has 2 fully saturated rings. The Morgan fingerprint density at radius 1 is 1.58 bits per heavy atom. The number of aromatic nitrogens is 1. The highest BCUT2D eigenvalue weighted by atomic mass is 16.5. The Labute approximate surface area is 142 Å². The second kappa shape index (κ2) is 6.26. The molecule has 2 saturated heterocycles. The van der Waals surface area contributed by atoms with E-state index in [1.54, 1.807) is 23.2 Å². The van der Waals surface area contributed by atoms with Crippen LogP contribution in [0.25, 0.3) is 0 Å². The van der Waals surface area contributed by atoms with E-state index in [1.807, 2.05) is 4.90 Å². The highest BCUT2D eigenvalue weighted by Crippen LogP contribution is 2.45. The highest BCUT2D eigenvalue weighted by Gasteiger charge is 2.55. The third-order valence-corrected chi connectivity index (χ3v) is 5.32. The van der Waals surface area contributed by atoms with Gasteiger partial charge in [0.2, 0.25) is 5.91 Å². The number of likely N-dealkylation sites (tertiary alicyclic amines) is 2. The van der Waals surface area contributed by atoms with Crippen LogP contribution in [0.1, 0.15) is 23.7 Å². The van der Waals surface area contributed by atoms with Crippen LogP contribution >= 0.6 is 0 Å². The van der Waals surface area contributed by atoms with Crippen LogP contribution in [0, 0.1) is 11.3 Å². The highest BCUT2D eigenvalue weighted by molar-refractivity contribution is 5.98. The molecule has 0 N–H and O–H groups in total. The van der Waals surface area contributed by atoms with Crippen molar-refractivity contribution < 1.29 is 14.3 Å². The maximum Gasteiger partial charge on any atom is 0.257 e. The Morgan fingerprint density at radius 3 is 3.08 bits per heavy atom. The number of amides is 2. The van der Waals surface area contributed by atoms with Crippen molar-refractivity contribution in [3.05, 3.63) is 36.7 Å². The molecule has 0 aliphatic carbocycles.